The van der Waals surface area contributed by atoms with Crippen molar-refractivity contribution < 1.29 is 9.53 Å². The molecule has 1 aromatic carbocycles. The third kappa shape index (κ3) is 4.50. The van der Waals surface area contributed by atoms with Gasteiger partial charge in [0.15, 0.2) is 5.82 Å². The van der Waals surface area contributed by atoms with Gasteiger partial charge in [-0.25, -0.2) is 0 Å². The number of ether oxygens (including phenoxy) is 1. The first kappa shape index (κ1) is 19.6. The first-order chi connectivity index (χ1) is 14.3. The normalized spacial score (nSPS) is 18.6. The van der Waals surface area contributed by atoms with Gasteiger partial charge in [-0.05, 0) is 12.0 Å². The Morgan fingerprint density at radius 2 is 1.76 bits per heavy atom. The van der Waals surface area contributed by atoms with Gasteiger partial charge in [0.25, 0.3) is 0 Å². The third-order valence-corrected chi connectivity index (χ3v) is 5.83. The lowest BCUT2D eigenvalue weighted by atomic mass is 9.95. The summed E-state index contributed by atoms with van der Waals surface area (Å²) in [6.07, 6.45) is 2.64. The minimum Gasteiger partial charge on any atom is -0.378 e. The smallest absolute Gasteiger partial charge is 0.230 e. The van der Waals surface area contributed by atoms with Gasteiger partial charge in [0.05, 0.1) is 31.0 Å². The molecule has 2 aliphatic rings. The maximum Gasteiger partial charge on any atom is 0.230 e. The highest BCUT2D eigenvalue weighted by Gasteiger charge is 2.28. The molecule has 1 atom stereocenters. The Morgan fingerprint density at radius 3 is 2.45 bits per heavy atom. The minimum atomic E-state index is -0.0628. The van der Waals surface area contributed by atoms with Crippen LogP contribution in [0, 0.1) is 0 Å². The first-order valence-corrected chi connectivity index (χ1v) is 10.5. The summed E-state index contributed by atoms with van der Waals surface area (Å²) in [6.45, 7) is 8.32. The molecule has 0 spiro atoms. The zero-order chi connectivity index (χ0) is 20.1. The van der Waals surface area contributed by atoms with Crippen molar-refractivity contribution in [2.45, 2.75) is 19.3 Å². The maximum atomic E-state index is 13.1. The number of carbonyl (C=O) groups is 1. The largest absolute Gasteiger partial charge is 0.378 e. The number of piperazine rings is 1. The Labute approximate surface area is 172 Å². The molecule has 7 heteroatoms. The molecule has 0 bridgehead atoms. The fourth-order valence-corrected chi connectivity index (χ4v) is 4.11. The molecule has 3 heterocycles. The highest BCUT2D eigenvalue weighted by Crippen LogP contribution is 2.24. The fraction of sp³-hybridized carbons (Fsp3) is 0.500. The summed E-state index contributed by atoms with van der Waals surface area (Å²) in [6, 6.07) is 12.2. The second-order valence-electron chi connectivity index (χ2n) is 7.56. The van der Waals surface area contributed by atoms with Gasteiger partial charge in [0.1, 0.15) is 0 Å². The Balaban J connectivity index is 1.38. The summed E-state index contributed by atoms with van der Waals surface area (Å²) in [4.78, 5) is 19.6. The van der Waals surface area contributed by atoms with Crippen LogP contribution >= 0.6 is 0 Å². The Kier molecular flexibility index (Phi) is 6.24. The van der Waals surface area contributed by atoms with E-state index >= 15 is 0 Å². The van der Waals surface area contributed by atoms with E-state index in [0.717, 1.165) is 62.9 Å². The van der Waals surface area contributed by atoms with E-state index in [2.05, 4.69) is 45.1 Å². The van der Waals surface area contributed by atoms with Gasteiger partial charge in [0, 0.05) is 45.3 Å². The molecule has 154 valence electrons. The van der Waals surface area contributed by atoms with Crippen LogP contribution in [0.1, 0.15) is 24.8 Å². The van der Waals surface area contributed by atoms with Crippen molar-refractivity contribution in [2.24, 2.45) is 0 Å². The van der Waals surface area contributed by atoms with E-state index in [9.17, 15) is 4.79 Å². The predicted molar refractivity (Wildman–Crippen MR) is 113 cm³/mol. The van der Waals surface area contributed by atoms with Crippen molar-refractivity contribution in [3.63, 3.8) is 0 Å². The summed E-state index contributed by atoms with van der Waals surface area (Å²) in [5.41, 5.74) is 2.19. The zero-order valence-electron chi connectivity index (χ0n) is 17.0. The molecule has 7 nitrogen and oxygen atoms in total. The number of rotatable bonds is 5. The average Bonchev–Trinajstić information content (AvgIpc) is 2.81. The van der Waals surface area contributed by atoms with Crippen LogP contribution in [0.5, 0.6) is 0 Å². The number of amides is 1. The Bertz CT molecular complexity index is 802. The van der Waals surface area contributed by atoms with Crippen LogP contribution in [0.3, 0.4) is 0 Å². The SMILES string of the molecule is CC[C@H](C(=O)N1CCN(c2cc(N3CCOCC3)cnn2)CC1)c1ccccc1. The van der Waals surface area contributed by atoms with E-state index in [-0.39, 0.29) is 11.8 Å². The topological polar surface area (TPSA) is 61.8 Å². The molecular weight excluding hydrogens is 366 g/mol. The van der Waals surface area contributed by atoms with E-state index in [1.165, 1.54) is 0 Å². The van der Waals surface area contributed by atoms with Crippen molar-refractivity contribution in [1.82, 2.24) is 15.1 Å². The average molecular weight is 396 g/mol. The van der Waals surface area contributed by atoms with Gasteiger partial charge in [-0.2, -0.15) is 5.10 Å². The van der Waals surface area contributed by atoms with Crippen molar-refractivity contribution in [1.29, 1.82) is 0 Å². The lowest BCUT2D eigenvalue weighted by Gasteiger charge is -2.37. The van der Waals surface area contributed by atoms with E-state index in [1.807, 2.05) is 29.3 Å². The summed E-state index contributed by atoms with van der Waals surface area (Å²) in [7, 11) is 0. The van der Waals surface area contributed by atoms with Crippen LogP contribution < -0.4 is 9.80 Å². The number of morpholine rings is 1. The molecule has 2 saturated heterocycles. The van der Waals surface area contributed by atoms with E-state index in [1.54, 1.807) is 0 Å². The molecule has 0 aliphatic carbocycles. The summed E-state index contributed by atoms with van der Waals surface area (Å²) >= 11 is 0. The van der Waals surface area contributed by atoms with E-state index < -0.39 is 0 Å². The van der Waals surface area contributed by atoms with Gasteiger partial charge < -0.3 is 19.4 Å². The highest BCUT2D eigenvalue weighted by molar-refractivity contribution is 5.84. The number of benzene rings is 1. The van der Waals surface area contributed by atoms with Gasteiger partial charge in [0.2, 0.25) is 5.91 Å². The second-order valence-corrected chi connectivity index (χ2v) is 7.56. The summed E-state index contributed by atoms with van der Waals surface area (Å²) < 4.78 is 5.44. The van der Waals surface area contributed by atoms with E-state index in [4.69, 9.17) is 4.74 Å². The first-order valence-electron chi connectivity index (χ1n) is 10.5. The quantitative estimate of drug-likeness (QED) is 0.773. The highest BCUT2D eigenvalue weighted by atomic mass is 16.5. The molecule has 2 aliphatic heterocycles. The van der Waals surface area contributed by atoms with Crippen LogP contribution in [0.15, 0.2) is 42.6 Å². The molecule has 0 unspecified atom stereocenters. The van der Waals surface area contributed by atoms with Crippen molar-refractivity contribution in [3.05, 3.63) is 48.2 Å². The Morgan fingerprint density at radius 1 is 1.03 bits per heavy atom. The molecule has 0 saturated carbocycles. The summed E-state index contributed by atoms with van der Waals surface area (Å²) in [5.74, 6) is 1.05. The van der Waals surface area contributed by atoms with Crippen LogP contribution in [-0.2, 0) is 9.53 Å². The standard InChI is InChI=1S/C22H29N5O2/c1-2-20(18-6-4-3-5-7-18)22(28)27-10-8-26(9-11-27)21-16-19(17-23-24-21)25-12-14-29-15-13-25/h3-7,16-17,20H,2,8-15H2,1H3/t20-/m0/s1. The molecule has 2 aromatic rings. The zero-order valence-corrected chi connectivity index (χ0v) is 17.0. The molecule has 2 fully saturated rings. The lowest BCUT2D eigenvalue weighted by molar-refractivity contribution is -0.133. The predicted octanol–water partition coefficient (Wildman–Crippen LogP) is 2.16. The van der Waals surface area contributed by atoms with Crippen LogP contribution in [0.2, 0.25) is 0 Å². The van der Waals surface area contributed by atoms with Gasteiger partial charge in [-0.15, -0.1) is 5.10 Å². The summed E-state index contributed by atoms with van der Waals surface area (Å²) in [5, 5.41) is 8.56. The maximum absolute atomic E-state index is 13.1. The third-order valence-electron chi connectivity index (χ3n) is 5.83. The molecule has 0 N–H and O–H groups in total. The van der Waals surface area contributed by atoms with Crippen LogP contribution in [0.4, 0.5) is 11.5 Å². The molecular formula is C22H29N5O2. The number of aromatic nitrogens is 2. The van der Waals surface area contributed by atoms with Gasteiger partial charge in [-0.3, -0.25) is 4.79 Å². The number of anilines is 2. The number of hydrogen-bond acceptors (Lipinski definition) is 6. The van der Waals surface area contributed by atoms with Gasteiger partial charge in [-0.1, -0.05) is 37.3 Å². The molecule has 1 amide bonds. The number of carbonyl (C=O) groups excluding carboxylic acids is 1. The fourth-order valence-electron chi connectivity index (χ4n) is 4.11. The molecule has 0 radical (unpaired) electrons. The molecule has 4 rings (SSSR count). The molecule has 29 heavy (non-hydrogen) atoms. The minimum absolute atomic E-state index is 0.0628. The Hall–Kier alpha value is -2.67. The van der Waals surface area contributed by atoms with Crippen LogP contribution in [0.25, 0.3) is 0 Å². The second kappa shape index (κ2) is 9.22. The number of hydrogen-bond donors (Lipinski definition) is 0. The van der Waals surface area contributed by atoms with E-state index in [0.29, 0.717) is 13.1 Å². The van der Waals surface area contributed by atoms with Crippen LogP contribution in [-0.4, -0.2) is 73.5 Å². The van der Waals surface area contributed by atoms with Gasteiger partial charge >= 0.3 is 0 Å². The van der Waals surface area contributed by atoms with Crippen molar-refractivity contribution >= 4 is 17.4 Å². The lowest BCUT2D eigenvalue weighted by Crippen LogP contribution is -2.50. The monoisotopic (exact) mass is 395 g/mol. The van der Waals surface area contributed by atoms with Crippen molar-refractivity contribution in [2.75, 3.05) is 62.3 Å². The number of nitrogens with zero attached hydrogens (tertiary/aromatic N) is 5. The van der Waals surface area contributed by atoms with Crippen molar-refractivity contribution in [3.8, 4) is 0 Å². The molecule has 1 aromatic heterocycles.